The second-order valence-electron chi connectivity index (χ2n) is 6.85. The smallest absolute Gasteiger partial charge is 0.379 e. The van der Waals surface area contributed by atoms with Crippen molar-refractivity contribution in [1.29, 1.82) is 0 Å². The number of nitrogens with one attached hydrogen (secondary N) is 1. The zero-order valence-electron chi connectivity index (χ0n) is 16.2. The summed E-state index contributed by atoms with van der Waals surface area (Å²) < 4.78 is 84.3. The lowest BCUT2D eigenvalue weighted by molar-refractivity contribution is -0.143. The number of benzene rings is 2. The first-order chi connectivity index (χ1) is 15.4. The molecule has 14 heteroatoms. The third kappa shape index (κ3) is 4.44. The maximum Gasteiger partial charge on any atom is 0.416 e. The molecule has 0 spiro atoms. The van der Waals surface area contributed by atoms with E-state index in [-0.39, 0.29) is 23.4 Å². The highest BCUT2D eigenvalue weighted by Gasteiger charge is 2.37. The molecule has 0 bridgehead atoms. The lowest BCUT2D eigenvalue weighted by Gasteiger charge is -2.15. The highest BCUT2D eigenvalue weighted by atomic mass is 19.4. The van der Waals surface area contributed by atoms with E-state index in [4.69, 9.17) is 5.73 Å². The number of halogens is 6. The van der Waals surface area contributed by atoms with Crippen LogP contribution in [0.4, 0.5) is 37.8 Å². The minimum Gasteiger partial charge on any atom is -0.379 e. The van der Waals surface area contributed by atoms with Gasteiger partial charge in [0.05, 0.1) is 22.2 Å². The van der Waals surface area contributed by atoms with Crippen LogP contribution in [0.3, 0.4) is 0 Å². The first-order valence-electron chi connectivity index (χ1n) is 9.06. The number of amides is 1. The van der Waals surface area contributed by atoms with Gasteiger partial charge in [0.1, 0.15) is 6.54 Å². The number of imidazole rings is 1. The molecule has 2 heterocycles. The summed E-state index contributed by atoms with van der Waals surface area (Å²) in [5, 5.41) is 9.15. The number of aromatic nitrogens is 4. The van der Waals surface area contributed by atoms with Gasteiger partial charge in [-0.05, 0) is 40.6 Å². The Labute approximate surface area is 180 Å². The van der Waals surface area contributed by atoms with Gasteiger partial charge in [-0.2, -0.15) is 26.3 Å². The zero-order chi connectivity index (χ0) is 24.0. The summed E-state index contributed by atoms with van der Waals surface area (Å²) in [7, 11) is 0. The minimum atomic E-state index is -5.05. The number of hydrogen-bond acceptors (Lipinski definition) is 6. The fourth-order valence-corrected chi connectivity index (χ4v) is 3.14. The van der Waals surface area contributed by atoms with Gasteiger partial charge >= 0.3 is 12.4 Å². The maximum atomic E-state index is 13.1. The van der Waals surface area contributed by atoms with E-state index in [0.717, 1.165) is 0 Å². The number of fused-ring (bicyclic) bond motifs is 1. The van der Waals surface area contributed by atoms with Crippen LogP contribution in [0, 0.1) is 0 Å². The van der Waals surface area contributed by atoms with E-state index in [1.54, 1.807) is 24.3 Å². The number of nitrogens with two attached hydrogens (primary N) is 1. The van der Waals surface area contributed by atoms with Gasteiger partial charge in [-0.3, -0.25) is 4.79 Å². The van der Waals surface area contributed by atoms with Crippen molar-refractivity contribution in [1.82, 2.24) is 19.9 Å². The van der Waals surface area contributed by atoms with Crippen molar-refractivity contribution in [3.8, 4) is 11.5 Å². The lowest BCUT2D eigenvalue weighted by atomic mass is 10.1. The highest BCUT2D eigenvalue weighted by Crippen LogP contribution is 2.37. The molecule has 0 unspecified atom stereocenters. The molecule has 4 aromatic rings. The summed E-state index contributed by atoms with van der Waals surface area (Å²) in [5.41, 5.74) is 2.80. The van der Waals surface area contributed by atoms with Crippen molar-refractivity contribution in [2.75, 3.05) is 11.1 Å². The summed E-state index contributed by atoms with van der Waals surface area (Å²) in [4.78, 5) is 17.0. The van der Waals surface area contributed by atoms with Crippen LogP contribution < -0.4 is 11.1 Å². The highest BCUT2D eigenvalue weighted by molar-refractivity contribution is 5.93. The summed E-state index contributed by atoms with van der Waals surface area (Å²) in [6, 6.07) is 7.36. The zero-order valence-corrected chi connectivity index (χ0v) is 16.2. The van der Waals surface area contributed by atoms with E-state index in [9.17, 15) is 31.1 Å². The number of para-hydroxylation sites is 2. The van der Waals surface area contributed by atoms with Crippen molar-refractivity contribution in [3.05, 3.63) is 53.6 Å². The van der Waals surface area contributed by atoms with Crippen LogP contribution in [0.5, 0.6) is 0 Å². The van der Waals surface area contributed by atoms with E-state index < -0.39 is 41.6 Å². The Balaban J connectivity index is 1.70. The van der Waals surface area contributed by atoms with Gasteiger partial charge in [-0.15, -0.1) is 0 Å². The number of nitrogen functional groups attached to an aromatic ring is 1. The molecule has 0 saturated carbocycles. The largest absolute Gasteiger partial charge is 0.416 e. The van der Waals surface area contributed by atoms with E-state index in [0.29, 0.717) is 23.2 Å². The summed E-state index contributed by atoms with van der Waals surface area (Å²) in [6.45, 7) is -0.528. The second kappa shape index (κ2) is 7.79. The van der Waals surface area contributed by atoms with Gasteiger partial charge in [0.2, 0.25) is 5.91 Å². The van der Waals surface area contributed by atoms with Crippen molar-refractivity contribution in [3.63, 3.8) is 0 Å². The third-order valence-electron chi connectivity index (χ3n) is 4.55. The normalized spacial score (nSPS) is 12.3. The van der Waals surface area contributed by atoms with Crippen LogP contribution >= 0.6 is 0 Å². The summed E-state index contributed by atoms with van der Waals surface area (Å²) in [6.07, 6.45) is -10.1. The molecule has 0 fully saturated rings. The average molecular weight is 470 g/mol. The number of carbonyl (C=O) groups excluding carboxylic acids is 1. The first kappa shape index (κ1) is 22.1. The molecule has 0 radical (unpaired) electrons. The van der Waals surface area contributed by atoms with E-state index in [1.807, 2.05) is 0 Å². The van der Waals surface area contributed by atoms with Crippen molar-refractivity contribution < 1.29 is 35.8 Å². The topological polar surface area (TPSA) is 112 Å². The lowest BCUT2D eigenvalue weighted by Crippen LogP contribution is -2.20. The Bertz CT molecular complexity index is 1310. The average Bonchev–Trinajstić information content (AvgIpc) is 3.30. The van der Waals surface area contributed by atoms with Crippen molar-refractivity contribution in [2.24, 2.45) is 0 Å². The summed E-state index contributed by atoms with van der Waals surface area (Å²) >= 11 is 0. The van der Waals surface area contributed by atoms with E-state index in [1.165, 1.54) is 4.57 Å². The van der Waals surface area contributed by atoms with Crippen molar-refractivity contribution >= 4 is 28.4 Å². The molecule has 8 nitrogen and oxygen atoms in total. The van der Waals surface area contributed by atoms with Crippen LogP contribution in [0.25, 0.3) is 22.6 Å². The van der Waals surface area contributed by atoms with Gasteiger partial charge in [0.25, 0.3) is 0 Å². The van der Waals surface area contributed by atoms with Crippen molar-refractivity contribution in [2.45, 2.75) is 18.9 Å². The molecular formula is C19H12F6N6O2. The Morgan fingerprint density at radius 3 is 2.21 bits per heavy atom. The molecule has 2 aromatic heterocycles. The SMILES string of the molecule is Nc1nonc1-c1nc2ccccc2n1CC(=O)Nc1cc(C(F)(F)F)cc(C(F)(F)F)c1. The van der Waals surface area contributed by atoms with Crippen LogP contribution in [0.1, 0.15) is 11.1 Å². The van der Waals surface area contributed by atoms with E-state index in [2.05, 4.69) is 25.2 Å². The number of carbonyl (C=O) groups is 1. The summed E-state index contributed by atoms with van der Waals surface area (Å²) in [5.74, 6) is -0.966. The Morgan fingerprint density at radius 1 is 1.00 bits per heavy atom. The number of hydrogen-bond donors (Lipinski definition) is 2. The molecule has 2 aromatic carbocycles. The standard InChI is InChI=1S/C19H12F6N6O2/c20-18(21,22)9-5-10(19(23,24)25)7-11(6-9)27-14(32)8-31-13-4-2-1-3-12(13)28-17(31)15-16(26)30-33-29-15/h1-7H,8H2,(H2,26,30)(H,27,32). The van der Waals surface area contributed by atoms with E-state index >= 15 is 0 Å². The number of rotatable bonds is 4. The van der Waals surface area contributed by atoms with Crippen LogP contribution in [-0.2, 0) is 23.7 Å². The van der Waals surface area contributed by atoms with Gasteiger partial charge in [-0.25, -0.2) is 9.61 Å². The fraction of sp³-hybridized carbons (Fsp3) is 0.158. The monoisotopic (exact) mass is 470 g/mol. The predicted molar refractivity (Wildman–Crippen MR) is 103 cm³/mol. The Morgan fingerprint density at radius 2 is 1.64 bits per heavy atom. The minimum absolute atomic E-state index is 0.0115. The Hall–Kier alpha value is -4.10. The Kier molecular flexibility index (Phi) is 5.22. The van der Waals surface area contributed by atoms with Crippen LogP contribution in [0.2, 0.25) is 0 Å². The maximum absolute atomic E-state index is 13.1. The molecule has 172 valence electrons. The second-order valence-corrected chi connectivity index (χ2v) is 6.85. The van der Waals surface area contributed by atoms with Gasteiger partial charge in [0.15, 0.2) is 17.3 Å². The molecular weight excluding hydrogens is 458 g/mol. The quantitative estimate of drug-likeness (QED) is 0.429. The molecule has 0 aliphatic rings. The fourth-order valence-electron chi connectivity index (χ4n) is 3.14. The molecule has 4 rings (SSSR count). The molecule has 33 heavy (non-hydrogen) atoms. The molecule has 0 saturated heterocycles. The van der Waals surface area contributed by atoms with Crippen LogP contribution in [0.15, 0.2) is 47.1 Å². The molecule has 0 aliphatic carbocycles. The number of alkyl halides is 6. The number of anilines is 2. The van der Waals surface area contributed by atoms with Gasteiger partial charge in [-0.1, -0.05) is 12.1 Å². The molecule has 3 N–H and O–H groups in total. The molecule has 0 aliphatic heterocycles. The first-order valence-corrected chi connectivity index (χ1v) is 9.06. The number of nitrogens with zero attached hydrogens (tertiary/aromatic N) is 4. The van der Waals surface area contributed by atoms with Gasteiger partial charge < -0.3 is 15.6 Å². The predicted octanol–water partition coefficient (Wildman–Crippen LogP) is 4.34. The third-order valence-corrected chi connectivity index (χ3v) is 4.55. The molecule has 0 atom stereocenters. The van der Waals surface area contributed by atoms with Crippen LogP contribution in [-0.4, -0.2) is 25.8 Å². The van der Waals surface area contributed by atoms with Gasteiger partial charge in [0, 0.05) is 5.69 Å². The molecule has 1 amide bonds.